The molecule has 0 aliphatic carbocycles. The zero-order valence-corrected chi connectivity index (χ0v) is 8.68. The van der Waals surface area contributed by atoms with Crippen LogP contribution < -0.4 is 10.5 Å². The number of methoxy groups -OCH3 is 1. The minimum absolute atomic E-state index is 0.00389. The summed E-state index contributed by atoms with van der Waals surface area (Å²) in [5.74, 6) is -0.565. The molecule has 1 aromatic heterocycles. The van der Waals surface area contributed by atoms with Gasteiger partial charge in [-0.3, -0.25) is 4.98 Å². The molecule has 0 aromatic carbocycles. The van der Waals surface area contributed by atoms with Gasteiger partial charge in [-0.2, -0.15) is 13.2 Å². The SMILES string of the molecule is COc1c(CN)cnc(C(F)(F)F)c1C(F)F. The van der Waals surface area contributed by atoms with Gasteiger partial charge >= 0.3 is 6.18 Å². The average molecular weight is 256 g/mol. The normalized spacial score (nSPS) is 12.0. The Labute approximate surface area is 93.4 Å². The summed E-state index contributed by atoms with van der Waals surface area (Å²) in [7, 11) is 1.00. The first-order chi connectivity index (χ1) is 7.82. The number of halogens is 5. The minimum Gasteiger partial charge on any atom is -0.496 e. The van der Waals surface area contributed by atoms with E-state index in [0.717, 1.165) is 13.3 Å². The van der Waals surface area contributed by atoms with Crippen LogP contribution in [-0.2, 0) is 12.7 Å². The maximum Gasteiger partial charge on any atom is 0.433 e. The minimum atomic E-state index is -4.97. The quantitative estimate of drug-likeness (QED) is 0.845. The van der Waals surface area contributed by atoms with Crippen molar-refractivity contribution in [1.29, 1.82) is 0 Å². The number of nitrogens with two attached hydrogens (primary N) is 1. The van der Waals surface area contributed by atoms with Crippen LogP contribution in [0.15, 0.2) is 6.20 Å². The number of ether oxygens (including phenoxy) is 1. The lowest BCUT2D eigenvalue weighted by Gasteiger charge is -2.17. The smallest absolute Gasteiger partial charge is 0.433 e. The molecule has 0 fully saturated rings. The van der Waals surface area contributed by atoms with Crippen LogP contribution in [0.2, 0.25) is 0 Å². The Kier molecular flexibility index (Phi) is 3.87. The summed E-state index contributed by atoms with van der Waals surface area (Å²) in [6.45, 7) is -0.242. The first-order valence-corrected chi connectivity index (χ1v) is 4.44. The van der Waals surface area contributed by atoms with E-state index in [1.54, 1.807) is 0 Å². The van der Waals surface area contributed by atoms with Gasteiger partial charge in [0, 0.05) is 18.3 Å². The van der Waals surface area contributed by atoms with Crippen molar-refractivity contribution in [3.8, 4) is 5.75 Å². The maximum absolute atomic E-state index is 12.7. The second-order valence-electron chi connectivity index (χ2n) is 3.08. The highest BCUT2D eigenvalue weighted by molar-refractivity contribution is 5.44. The van der Waals surface area contributed by atoms with Gasteiger partial charge in [0.1, 0.15) is 5.75 Å². The third-order valence-electron chi connectivity index (χ3n) is 2.05. The van der Waals surface area contributed by atoms with Gasteiger partial charge in [0.25, 0.3) is 6.43 Å². The summed E-state index contributed by atoms with van der Waals surface area (Å²) in [5, 5.41) is 0. The average Bonchev–Trinajstić information content (AvgIpc) is 2.25. The zero-order valence-electron chi connectivity index (χ0n) is 8.68. The van der Waals surface area contributed by atoms with E-state index in [0.29, 0.717) is 0 Å². The summed E-state index contributed by atoms with van der Waals surface area (Å²) >= 11 is 0. The molecule has 0 saturated carbocycles. The fraction of sp³-hybridized carbons (Fsp3) is 0.444. The molecule has 0 radical (unpaired) electrons. The van der Waals surface area contributed by atoms with E-state index in [1.165, 1.54) is 0 Å². The lowest BCUT2D eigenvalue weighted by atomic mass is 10.1. The molecular formula is C9H9F5N2O. The van der Waals surface area contributed by atoms with Gasteiger partial charge in [0.05, 0.1) is 12.7 Å². The monoisotopic (exact) mass is 256 g/mol. The zero-order chi connectivity index (χ0) is 13.2. The number of nitrogens with zero attached hydrogens (tertiary/aromatic N) is 1. The van der Waals surface area contributed by atoms with Crippen molar-refractivity contribution in [2.75, 3.05) is 7.11 Å². The first-order valence-electron chi connectivity index (χ1n) is 4.44. The Morgan fingerprint density at radius 2 is 2.00 bits per heavy atom. The van der Waals surface area contributed by atoms with Gasteiger partial charge in [-0.25, -0.2) is 8.78 Å². The first kappa shape index (κ1) is 13.6. The Hall–Kier alpha value is -1.44. The molecule has 1 heterocycles. The van der Waals surface area contributed by atoms with E-state index in [2.05, 4.69) is 9.72 Å². The van der Waals surface area contributed by atoms with Gasteiger partial charge in [-0.15, -0.1) is 0 Å². The second-order valence-corrected chi connectivity index (χ2v) is 3.08. The Balaban J connectivity index is 3.54. The number of hydrogen-bond donors (Lipinski definition) is 1. The van der Waals surface area contributed by atoms with E-state index in [4.69, 9.17) is 5.73 Å². The topological polar surface area (TPSA) is 48.1 Å². The van der Waals surface area contributed by atoms with Crippen LogP contribution in [0.25, 0.3) is 0 Å². The lowest BCUT2D eigenvalue weighted by molar-refractivity contribution is -0.143. The highest BCUT2D eigenvalue weighted by Gasteiger charge is 2.40. The van der Waals surface area contributed by atoms with E-state index in [1.807, 2.05) is 0 Å². The molecule has 2 N–H and O–H groups in total. The molecular weight excluding hydrogens is 247 g/mol. The molecule has 17 heavy (non-hydrogen) atoms. The highest BCUT2D eigenvalue weighted by Crippen LogP contribution is 2.40. The summed E-state index contributed by atoms with van der Waals surface area (Å²) in [4.78, 5) is 2.99. The van der Waals surface area contributed by atoms with Crippen LogP contribution in [0.4, 0.5) is 22.0 Å². The van der Waals surface area contributed by atoms with E-state index in [9.17, 15) is 22.0 Å². The molecule has 0 bridgehead atoms. The molecule has 0 spiro atoms. The lowest BCUT2D eigenvalue weighted by Crippen LogP contribution is -2.15. The molecule has 3 nitrogen and oxygen atoms in total. The fourth-order valence-electron chi connectivity index (χ4n) is 1.37. The Morgan fingerprint density at radius 3 is 2.35 bits per heavy atom. The molecule has 0 atom stereocenters. The van der Waals surface area contributed by atoms with E-state index >= 15 is 0 Å². The fourth-order valence-corrected chi connectivity index (χ4v) is 1.37. The van der Waals surface area contributed by atoms with Crippen molar-refractivity contribution >= 4 is 0 Å². The molecule has 0 aliphatic rings. The van der Waals surface area contributed by atoms with Gasteiger partial charge in [-0.1, -0.05) is 0 Å². The molecule has 1 rings (SSSR count). The summed E-state index contributed by atoms with van der Waals surface area (Å²) in [6, 6.07) is 0. The van der Waals surface area contributed by atoms with Crippen LogP contribution >= 0.6 is 0 Å². The van der Waals surface area contributed by atoms with Crippen LogP contribution in [0.3, 0.4) is 0 Å². The van der Waals surface area contributed by atoms with Crippen LogP contribution in [0, 0.1) is 0 Å². The number of aromatic nitrogens is 1. The number of alkyl halides is 5. The summed E-state index contributed by atoms with van der Waals surface area (Å²) < 4.78 is 67.3. The van der Waals surface area contributed by atoms with Crippen molar-refractivity contribution in [1.82, 2.24) is 4.98 Å². The van der Waals surface area contributed by atoms with E-state index in [-0.39, 0.29) is 12.1 Å². The van der Waals surface area contributed by atoms with Crippen LogP contribution in [0.5, 0.6) is 5.75 Å². The molecule has 0 unspecified atom stereocenters. The third kappa shape index (κ3) is 2.63. The van der Waals surface area contributed by atoms with Crippen molar-refractivity contribution < 1.29 is 26.7 Å². The van der Waals surface area contributed by atoms with Crippen molar-refractivity contribution in [3.05, 3.63) is 23.0 Å². The summed E-state index contributed by atoms with van der Waals surface area (Å²) in [6.07, 6.45) is -7.53. The maximum atomic E-state index is 12.7. The third-order valence-corrected chi connectivity index (χ3v) is 2.05. The van der Waals surface area contributed by atoms with Gasteiger partial charge in [0.2, 0.25) is 0 Å². The van der Waals surface area contributed by atoms with Crippen LogP contribution in [0.1, 0.15) is 23.2 Å². The predicted octanol–water partition coefficient (Wildman–Crippen LogP) is 2.51. The summed E-state index contributed by atoms with van der Waals surface area (Å²) in [5.41, 5.74) is 2.28. The van der Waals surface area contributed by atoms with E-state index < -0.39 is 29.6 Å². The molecule has 1 aromatic rings. The van der Waals surface area contributed by atoms with Crippen molar-refractivity contribution in [3.63, 3.8) is 0 Å². The van der Waals surface area contributed by atoms with Crippen molar-refractivity contribution in [2.45, 2.75) is 19.1 Å². The van der Waals surface area contributed by atoms with Crippen LogP contribution in [-0.4, -0.2) is 12.1 Å². The predicted molar refractivity (Wildman–Crippen MR) is 48.6 cm³/mol. The standard InChI is InChI=1S/C9H9F5N2O/c1-17-6-4(2-15)3-16-7(9(12,13)14)5(6)8(10)11/h3,8H,2,15H2,1H3. The Morgan fingerprint density at radius 1 is 1.41 bits per heavy atom. The largest absolute Gasteiger partial charge is 0.496 e. The van der Waals surface area contributed by atoms with Gasteiger partial charge < -0.3 is 10.5 Å². The van der Waals surface area contributed by atoms with Gasteiger partial charge in [-0.05, 0) is 0 Å². The molecule has 0 aliphatic heterocycles. The highest BCUT2D eigenvalue weighted by atomic mass is 19.4. The molecule has 0 amide bonds. The number of hydrogen-bond acceptors (Lipinski definition) is 3. The van der Waals surface area contributed by atoms with Gasteiger partial charge in [0.15, 0.2) is 5.69 Å². The Bertz CT molecular complexity index is 405. The van der Waals surface area contributed by atoms with Crippen molar-refractivity contribution in [2.24, 2.45) is 5.73 Å². The molecule has 8 heteroatoms. The molecule has 96 valence electrons. The second kappa shape index (κ2) is 4.82. The number of pyridine rings is 1. The molecule has 0 saturated heterocycles. The number of rotatable bonds is 3.